The van der Waals surface area contributed by atoms with Gasteiger partial charge in [0.05, 0.1) is 11.0 Å². The first kappa shape index (κ1) is 16.8. The summed E-state index contributed by atoms with van der Waals surface area (Å²) in [5, 5.41) is 0. The summed E-state index contributed by atoms with van der Waals surface area (Å²) in [6, 6.07) is 10.9. The SMILES string of the molecule is CCc1nc2ccccc2n1C1CCN(c2nccc(N(C)C)n2)CC1. The van der Waals surface area contributed by atoms with E-state index in [1.807, 2.05) is 31.3 Å². The molecule has 1 aromatic carbocycles. The van der Waals surface area contributed by atoms with E-state index >= 15 is 0 Å². The van der Waals surface area contributed by atoms with Crippen molar-refractivity contribution in [2.75, 3.05) is 37.0 Å². The molecule has 1 fully saturated rings. The van der Waals surface area contributed by atoms with Crippen LogP contribution in [0.5, 0.6) is 0 Å². The van der Waals surface area contributed by atoms with E-state index in [1.54, 1.807) is 0 Å². The fourth-order valence-corrected chi connectivity index (χ4v) is 3.82. The molecule has 0 spiro atoms. The Kier molecular flexibility index (Phi) is 4.49. The molecule has 2 aromatic heterocycles. The van der Waals surface area contributed by atoms with E-state index < -0.39 is 0 Å². The molecule has 136 valence electrons. The molecular formula is C20H26N6. The van der Waals surface area contributed by atoms with Crippen LogP contribution < -0.4 is 9.80 Å². The lowest BCUT2D eigenvalue weighted by Gasteiger charge is -2.33. The maximum atomic E-state index is 4.83. The van der Waals surface area contributed by atoms with Crippen LogP contribution in [0.3, 0.4) is 0 Å². The number of para-hydroxylation sites is 2. The first-order valence-electron chi connectivity index (χ1n) is 9.38. The van der Waals surface area contributed by atoms with E-state index in [-0.39, 0.29) is 0 Å². The zero-order valence-electron chi connectivity index (χ0n) is 15.8. The van der Waals surface area contributed by atoms with Gasteiger partial charge in [0.1, 0.15) is 11.6 Å². The molecular weight excluding hydrogens is 324 g/mol. The molecule has 6 nitrogen and oxygen atoms in total. The van der Waals surface area contributed by atoms with Crippen LogP contribution >= 0.6 is 0 Å². The second-order valence-electron chi connectivity index (χ2n) is 7.07. The Hall–Kier alpha value is -2.63. The van der Waals surface area contributed by atoms with Gasteiger partial charge in [0.2, 0.25) is 5.95 Å². The normalized spacial score (nSPS) is 15.6. The number of piperidine rings is 1. The summed E-state index contributed by atoms with van der Waals surface area (Å²) in [5.41, 5.74) is 2.36. The van der Waals surface area contributed by atoms with E-state index in [2.05, 4.69) is 50.6 Å². The summed E-state index contributed by atoms with van der Waals surface area (Å²) in [6.45, 7) is 4.13. The third-order valence-corrected chi connectivity index (χ3v) is 5.18. The van der Waals surface area contributed by atoms with Crippen molar-refractivity contribution >= 4 is 22.8 Å². The maximum Gasteiger partial charge on any atom is 0.227 e. The Labute approximate surface area is 154 Å². The molecule has 3 aromatic rings. The minimum absolute atomic E-state index is 0.491. The highest BCUT2D eigenvalue weighted by Crippen LogP contribution is 2.30. The topological polar surface area (TPSA) is 50.1 Å². The second-order valence-corrected chi connectivity index (χ2v) is 7.07. The van der Waals surface area contributed by atoms with Gasteiger partial charge < -0.3 is 14.4 Å². The second kappa shape index (κ2) is 6.94. The van der Waals surface area contributed by atoms with Gasteiger partial charge >= 0.3 is 0 Å². The van der Waals surface area contributed by atoms with Crippen molar-refractivity contribution in [3.8, 4) is 0 Å². The van der Waals surface area contributed by atoms with Gasteiger partial charge in [-0.25, -0.2) is 9.97 Å². The van der Waals surface area contributed by atoms with Gasteiger partial charge in [0.15, 0.2) is 0 Å². The number of rotatable bonds is 4. The molecule has 0 radical (unpaired) electrons. The average Bonchev–Trinajstić information content (AvgIpc) is 3.07. The standard InChI is InChI=1S/C20H26N6/c1-4-18-22-16-7-5-6-8-17(16)26(18)15-10-13-25(14-11-15)20-21-12-9-19(23-20)24(2)3/h5-9,12,15H,4,10-11,13-14H2,1-3H3. The van der Waals surface area contributed by atoms with Crippen molar-refractivity contribution in [3.63, 3.8) is 0 Å². The van der Waals surface area contributed by atoms with Crippen LogP contribution in [-0.4, -0.2) is 46.7 Å². The molecule has 4 rings (SSSR count). The number of anilines is 2. The molecule has 1 aliphatic rings. The molecule has 3 heterocycles. The minimum atomic E-state index is 0.491. The lowest BCUT2D eigenvalue weighted by Crippen LogP contribution is -2.36. The van der Waals surface area contributed by atoms with Crippen LogP contribution in [-0.2, 0) is 6.42 Å². The van der Waals surface area contributed by atoms with E-state index in [9.17, 15) is 0 Å². The first-order valence-corrected chi connectivity index (χ1v) is 9.38. The molecule has 0 bridgehead atoms. The molecule has 0 N–H and O–H groups in total. The van der Waals surface area contributed by atoms with E-state index in [1.165, 1.54) is 11.3 Å². The molecule has 6 heteroatoms. The monoisotopic (exact) mass is 350 g/mol. The van der Waals surface area contributed by atoms with Gasteiger partial charge in [-0.3, -0.25) is 0 Å². The Morgan fingerprint density at radius 2 is 1.85 bits per heavy atom. The zero-order chi connectivity index (χ0) is 18.1. The van der Waals surface area contributed by atoms with Crippen molar-refractivity contribution in [1.29, 1.82) is 0 Å². The lowest BCUT2D eigenvalue weighted by molar-refractivity contribution is 0.392. The highest BCUT2D eigenvalue weighted by molar-refractivity contribution is 5.76. The van der Waals surface area contributed by atoms with Crippen LogP contribution in [0, 0.1) is 0 Å². The summed E-state index contributed by atoms with van der Waals surface area (Å²) < 4.78 is 2.46. The van der Waals surface area contributed by atoms with Crippen molar-refractivity contribution in [2.45, 2.75) is 32.2 Å². The van der Waals surface area contributed by atoms with Crippen molar-refractivity contribution in [3.05, 3.63) is 42.4 Å². The van der Waals surface area contributed by atoms with Crippen LogP contribution in [0.2, 0.25) is 0 Å². The quantitative estimate of drug-likeness (QED) is 0.723. The highest BCUT2D eigenvalue weighted by atomic mass is 15.3. The fourth-order valence-electron chi connectivity index (χ4n) is 3.82. The molecule has 0 amide bonds. The Bertz CT molecular complexity index is 892. The fraction of sp³-hybridized carbons (Fsp3) is 0.450. The van der Waals surface area contributed by atoms with Crippen molar-refractivity contribution in [2.24, 2.45) is 0 Å². The van der Waals surface area contributed by atoms with E-state index in [4.69, 9.17) is 4.98 Å². The van der Waals surface area contributed by atoms with E-state index in [0.29, 0.717) is 6.04 Å². The van der Waals surface area contributed by atoms with Crippen LogP contribution in [0.15, 0.2) is 36.5 Å². The summed E-state index contributed by atoms with van der Waals surface area (Å²) in [6.07, 6.45) is 4.98. The van der Waals surface area contributed by atoms with Gasteiger partial charge in [0, 0.05) is 45.8 Å². The number of aryl methyl sites for hydroxylation is 1. The lowest BCUT2D eigenvalue weighted by atomic mass is 10.0. The smallest absolute Gasteiger partial charge is 0.227 e. The predicted octanol–water partition coefficient (Wildman–Crippen LogP) is 3.30. The number of fused-ring (bicyclic) bond motifs is 1. The molecule has 0 unspecified atom stereocenters. The minimum Gasteiger partial charge on any atom is -0.363 e. The number of benzene rings is 1. The number of aromatic nitrogens is 4. The van der Waals surface area contributed by atoms with Gasteiger partial charge in [-0.1, -0.05) is 19.1 Å². The average molecular weight is 350 g/mol. The van der Waals surface area contributed by atoms with Crippen LogP contribution in [0.4, 0.5) is 11.8 Å². The largest absolute Gasteiger partial charge is 0.363 e. The van der Waals surface area contributed by atoms with E-state index in [0.717, 1.165) is 49.6 Å². The molecule has 1 aliphatic heterocycles. The van der Waals surface area contributed by atoms with Gasteiger partial charge in [-0.2, -0.15) is 4.98 Å². The number of imidazole rings is 1. The predicted molar refractivity (Wildman–Crippen MR) is 106 cm³/mol. The summed E-state index contributed by atoms with van der Waals surface area (Å²) >= 11 is 0. The van der Waals surface area contributed by atoms with Gasteiger partial charge in [-0.15, -0.1) is 0 Å². The molecule has 0 atom stereocenters. The number of hydrogen-bond donors (Lipinski definition) is 0. The summed E-state index contributed by atoms with van der Waals surface area (Å²) in [4.78, 5) is 18.3. The molecule has 0 saturated carbocycles. The summed E-state index contributed by atoms with van der Waals surface area (Å²) in [7, 11) is 4.02. The van der Waals surface area contributed by atoms with Crippen LogP contribution in [0.1, 0.15) is 31.6 Å². The highest BCUT2D eigenvalue weighted by Gasteiger charge is 2.25. The molecule has 26 heavy (non-hydrogen) atoms. The molecule has 1 saturated heterocycles. The third kappa shape index (κ3) is 3.00. The zero-order valence-corrected chi connectivity index (χ0v) is 15.8. The van der Waals surface area contributed by atoms with Gasteiger partial charge in [0.25, 0.3) is 0 Å². The maximum absolute atomic E-state index is 4.83. The number of nitrogens with zero attached hydrogens (tertiary/aromatic N) is 6. The molecule has 0 aliphatic carbocycles. The Morgan fingerprint density at radius 3 is 2.58 bits per heavy atom. The Balaban J connectivity index is 1.55. The third-order valence-electron chi connectivity index (χ3n) is 5.18. The first-order chi connectivity index (χ1) is 12.7. The van der Waals surface area contributed by atoms with Crippen molar-refractivity contribution in [1.82, 2.24) is 19.5 Å². The van der Waals surface area contributed by atoms with Crippen LogP contribution in [0.25, 0.3) is 11.0 Å². The number of hydrogen-bond acceptors (Lipinski definition) is 5. The Morgan fingerprint density at radius 1 is 1.08 bits per heavy atom. The van der Waals surface area contributed by atoms with Crippen molar-refractivity contribution < 1.29 is 0 Å². The van der Waals surface area contributed by atoms with Gasteiger partial charge in [-0.05, 0) is 31.0 Å². The summed E-state index contributed by atoms with van der Waals surface area (Å²) in [5.74, 6) is 2.97.